The van der Waals surface area contributed by atoms with E-state index < -0.39 is 29.8 Å². The van der Waals surface area contributed by atoms with Crippen molar-refractivity contribution < 1.29 is 23.9 Å². The van der Waals surface area contributed by atoms with E-state index in [4.69, 9.17) is 21.1 Å². The van der Waals surface area contributed by atoms with Crippen LogP contribution in [0.1, 0.15) is 0 Å². The predicted molar refractivity (Wildman–Crippen MR) is 109 cm³/mol. The average Bonchev–Trinajstić information content (AvgIpc) is 3.28. The molecule has 1 saturated heterocycles. The third-order valence-corrected chi connectivity index (χ3v) is 5.33. The molecule has 3 heterocycles. The molecule has 1 N–H and O–H groups in total. The second-order valence-electron chi connectivity index (χ2n) is 7.09. The highest BCUT2D eigenvalue weighted by Crippen LogP contribution is 2.34. The normalized spacial score (nSPS) is 21.5. The van der Waals surface area contributed by atoms with E-state index in [0.717, 1.165) is 4.90 Å². The van der Waals surface area contributed by atoms with Gasteiger partial charge >= 0.3 is 0 Å². The Labute approximate surface area is 181 Å². The Balaban J connectivity index is 1.28. The molecule has 3 aliphatic rings. The van der Waals surface area contributed by atoms with E-state index in [1.165, 1.54) is 5.01 Å². The van der Waals surface area contributed by atoms with Crippen LogP contribution in [-0.2, 0) is 14.4 Å². The fourth-order valence-corrected chi connectivity index (χ4v) is 3.79. The third kappa shape index (κ3) is 3.44. The molecule has 0 radical (unpaired) electrons. The molecule has 0 saturated carbocycles. The Kier molecular flexibility index (Phi) is 4.70. The molecule has 5 rings (SSSR count). The summed E-state index contributed by atoms with van der Waals surface area (Å²) in [5.74, 6) is -0.246. The first-order valence-electron chi connectivity index (χ1n) is 9.51. The number of carbonyl (C=O) groups is 3. The highest BCUT2D eigenvalue weighted by Gasteiger charge is 2.55. The molecule has 11 heteroatoms. The Morgan fingerprint density at radius 3 is 2.58 bits per heavy atom. The Bertz CT molecular complexity index is 1110. The summed E-state index contributed by atoms with van der Waals surface area (Å²) in [5, 5.41) is 12.2. The van der Waals surface area contributed by atoms with Crippen LogP contribution in [0, 0.1) is 0 Å². The van der Waals surface area contributed by atoms with Gasteiger partial charge in [-0.15, -0.1) is 0 Å². The summed E-state index contributed by atoms with van der Waals surface area (Å²) in [6.45, 7) is 0.662. The van der Waals surface area contributed by atoms with Gasteiger partial charge in [0.1, 0.15) is 19.8 Å². The van der Waals surface area contributed by atoms with Crippen LogP contribution in [-0.4, -0.2) is 54.6 Å². The molecular weight excluding hydrogens is 426 g/mol. The van der Waals surface area contributed by atoms with Gasteiger partial charge in [-0.1, -0.05) is 16.8 Å². The second-order valence-corrected chi connectivity index (χ2v) is 7.52. The summed E-state index contributed by atoms with van der Waals surface area (Å²) in [6, 6.07) is 9.44. The van der Waals surface area contributed by atoms with Crippen molar-refractivity contribution in [1.29, 1.82) is 0 Å². The molecule has 158 valence electrons. The minimum Gasteiger partial charge on any atom is -0.486 e. The molecule has 0 bridgehead atoms. The van der Waals surface area contributed by atoms with Crippen LogP contribution >= 0.6 is 11.6 Å². The number of imide groups is 1. The molecule has 0 unspecified atom stereocenters. The first-order chi connectivity index (χ1) is 15.0. The zero-order valence-corrected chi connectivity index (χ0v) is 16.8. The fraction of sp³-hybridized carbons (Fsp3) is 0.250. The quantitative estimate of drug-likeness (QED) is 0.726. The van der Waals surface area contributed by atoms with Gasteiger partial charge in [0.25, 0.3) is 11.8 Å². The Hall–Kier alpha value is -3.66. The number of amides is 3. The minimum atomic E-state index is -0.981. The van der Waals surface area contributed by atoms with Crippen LogP contribution in [0.15, 0.2) is 52.8 Å². The van der Waals surface area contributed by atoms with E-state index in [-0.39, 0.29) is 6.54 Å². The first kappa shape index (κ1) is 19.3. The van der Waals surface area contributed by atoms with E-state index in [1.807, 2.05) is 0 Å². The summed E-state index contributed by atoms with van der Waals surface area (Å²) < 4.78 is 11.0. The van der Waals surface area contributed by atoms with Gasteiger partial charge in [0.2, 0.25) is 5.91 Å². The summed E-state index contributed by atoms with van der Waals surface area (Å²) >= 11 is 5.88. The number of halogens is 1. The average molecular weight is 442 g/mol. The second kappa shape index (κ2) is 7.55. The lowest BCUT2D eigenvalue weighted by molar-refractivity contribution is -0.123. The van der Waals surface area contributed by atoms with E-state index in [1.54, 1.807) is 42.5 Å². The molecule has 2 aromatic carbocycles. The first-order valence-corrected chi connectivity index (χ1v) is 9.89. The number of fused-ring (bicyclic) bond motifs is 2. The molecular formula is C20H16ClN5O5. The van der Waals surface area contributed by atoms with Gasteiger partial charge < -0.3 is 14.8 Å². The minimum absolute atomic E-state index is 0.243. The van der Waals surface area contributed by atoms with Gasteiger partial charge in [-0.25, -0.2) is 4.90 Å². The van der Waals surface area contributed by atoms with Gasteiger partial charge in [-0.05, 0) is 36.4 Å². The highest BCUT2D eigenvalue weighted by molar-refractivity contribution is 6.31. The molecule has 3 aliphatic heterocycles. The zero-order valence-electron chi connectivity index (χ0n) is 16.0. The topological polar surface area (TPSA) is 113 Å². The number of carbonyl (C=O) groups excluding carboxylic acids is 3. The van der Waals surface area contributed by atoms with Gasteiger partial charge in [-0.2, -0.15) is 5.11 Å². The number of hydrogen-bond donors (Lipinski definition) is 1. The molecule has 2 aromatic rings. The van der Waals surface area contributed by atoms with Crippen LogP contribution in [0.3, 0.4) is 0 Å². The van der Waals surface area contributed by atoms with Crippen molar-refractivity contribution in [2.45, 2.75) is 12.1 Å². The summed E-state index contributed by atoms with van der Waals surface area (Å²) in [4.78, 5) is 39.3. The lowest BCUT2D eigenvalue weighted by atomic mass is 10.1. The van der Waals surface area contributed by atoms with Gasteiger partial charge in [0.15, 0.2) is 23.6 Å². The largest absolute Gasteiger partial charge is 0.486 e. The van der Waals surface area contributed by atoms with Crippen molar-refractivity contribution in [3.05, 3.63) is 47.5 Å². The third-order valence-electron chi connectivity index (χ3n) is 5.07. The molecule has 3 amide bonds. The molecule has 0 aliphatic carbocycles. The number of ether oxygens (including phenoxy) is 2. The Morgan fingerprint density at radius 1 is 1.06 bits per heavy atom. The summed E-state index contributed by atoms with van der Waals surface area (Å²) in [7, 11) is 0. The molecule has 2 atom stereocenters. The molecule has 1 fully saturated rings. The standard InChI is InChI=1S/C20H16ClN5O5/c21-11-1-4-13(5-2-11)26-19(28)17-18(20(26)29)25(24-23-17)10-16(27)22-12-3-6-14-15(9-12)31-8-7-30-14/h1-6,9,17-18H,7-8,10H2,(H,22,27)/t17-,18+/m1/s1. The lowest BCUT2D eigenvalue weighted by Crippen LogP contribution is -2.43. The van der Waals surface area contributed by atoms with Crippen molar-refractivity contribution in [1.82, 2.24) is 5.01 Å². The number of anilines is 2. The van der Waals surface area contributed by atoms with Crippen LogP contribution in [0.2, 0.25) is 5.02 Å². The van der Waals surface area contributed by atoms with Crippen molar-refractivity contribution >= 4 is 40.7 Å². The van der Waals surface area contributed by atoms with E-state index in [0.29, 0.717) is 41.1 Å². The van der Waals surface area contributed by atoms with Crippen molar-refractivity contribution in [3.63, 3.8) is 0 Å². The molecule has 0 aromatic heterocycles. The predicted octanol–water partition coefficient (Wildman–Crippen LogP) is 2.04. The van der Waals surface area contributed by atoms with Crippen LogP contribution in [0.25, 0.3) is 0 Å². The SMILES string of the molecule is O=C(CN1N=N[C@H]2C(=O)N(c3ccc(Cl)cc3)C(=O)[C@H]21)Nc1ccc2c(c1)OCCO2. The number of rotatable bonds is 4. The maximum atomic E-state index is 12.9. The van der Waals surface area contributed by atoms with Gasteiger partial charge in [0, 0.05) is 16.8 Å². The molecule has 0 spiro atoms. The van der Waals surface area contributed by atoms with E-state index >= 15 is 0 Å². The maximum absolute atomic E-state index is 12.9. The number of benzene rings is 2. The van der Waals surface area contributed by atoms with Crippen LogP contribution in [0.5, 0.6) is 11.5 Å². The maximum Gasteiger partial charge on any atom is 0.263 e. The van der Waals surface area contributed by atoms with Crippen molar-refractivity contribution in [2.24, 2.45) is 10.3 Å². The lowest BCUT2D eigenvalue weighted by Gasteiger charge is -2.21. The van der Waals surface area contributed by atoms with E-state index in [2.05, 4.69) is 15.7 Å². The monoisotopic (exact) mass is 441 g/mol. The van der Waals surface area contributed by atoms with Crippen molar-refractivity contribution in [2.75, 3.05) is 30.0 Å². The molecule has 31 heavy (non-hydrogen) atoms. The highest BCUT2D eigenvalue weighted by atomic mass is 35.5. The van der Waals surface area contributed by atoms with Gasteiger partial charge in [0.05, 0.1) is 5.69 Å². The smallest absolute Gasteiger partial charge is 0.263 e. The Morgan fingerprint density at radius 2 is 1.81 bits per heavy atom. The van der Waals surface area contributed by atoms with Gasteiger partial charge in [-0.3, -0.25) is 19.4 Å². The zero-order chi connectivity index (χ0) is 21.5. The number of nitrogens with zero attached hydrogens (tertiary/aromatic N) is 4. The van der Waals surface area contributed by atoms with E-state index in [9.17, 15) is 14.4 Å². The molecule has 10 nitrogen and oxygen atoms in total. The summed E-state index contributed by atoms with van der Waals surface area (Å²) in [5.41, 5.74) is 0.906. The van der Waals surface area contributed by atoms with Crippen LogP contribution < -0.4 is 19.7 Å². The number of hydrogen-bond acceptors (Lipinski definition) is 8. The fourth-order valence-electron chi connectivity index (χ4n) is 3.67. The summed E-state index contributed by atoms with van der Waals surface area (Å²) in [6.07, 6.45) is 0. The number of nitrogens with one attached hydrogen (secondary N) is 1. The van der Waals surface area contributed by atoms with Crippen LogP contribution in [0.4, 0.5) is 11.4 Å². The van der Waals surface area contributed by atoms with Crippen molar-refractivity contribution in [3.8, 4) is 11.5 Å².